The Morgan fingerprint density at radius 1 is 0.960 bits per heavy atom. The molecular weight excluding hydrogens is 322 g/mol. The minimum atomic E-state index is -0.857. The molecule has 0 radical (unpaired) electrons. The molecule has 1 amide bonds. The number of hydrazine groups is 1. The molecule has 0 aromatic rings. The summed E-state index contributed by atoms with van der Waals surface area (Å²) in [6, 6.07) is 0.682. The number of hydrogen-bond donors (Lipinski definition) is 3. The number of aliphatic carboxylic acids is 1. The summed E-state index contributed by atoms with van der Waals surface area (Å²) >= 11 is 0. The average Bonchev–Trinajstić information content (AvgIpc) is 2.67. The fourth-order valence-corrected chi connectivity index (χ4v) is 4.20. The van der Waals surface area contributed by atoms with Crippen LogP contribution in [-0.4, -0.2) is 96.7 Å². The molecule has 0 unspecified atom stereocenters. The van der Waals surface area contributed by atoms with Gasteiger partial charge in [-0.15, -0.1) is 0 Å². The number of piperazine rings is 1. The van der Waals surface area contributed by atoms with Gasteiger partial charge in [0.2, 0.25) is 5.91 Å². The number of nitrogens with zero attached hydrogens (tertiary/aromatic N) is 3. The van der Waals surface area contributed by atoms with Crippen molar-refractivity contribution in [3.05, 3.63) is 0 Å². The first-order chi connectivity index (χ1) is 12.1. The molecule has 0 spiro atoms. The highest BCUT2D eigenvalue weighted by molar-refractivity contribution is 5.79. The van der Waals surface area contributed by atoms with Gasteiger partial charge in [0, 0.05) is 51.2 Å². The zero-order chi connectivity index (χ0) is 17.6. The first kappa shape index (κ1) is 18.6. The number of carbonyl (C=O) groups excluding carboxylic acids is 1. The molecule has 0 bridgehead atoms. The SMILES string of the molecule is O=C(O)CNN1CCC(C(=O)N2CCN(C3CCNCC3)CC2)CC1. The Kier molecular flexibility index (Phi) is 6.63. The van der Waals surface area contributed by atoms with Crippen LogP contribution in [0.1, 0.15) is 25.7 Å². The lowest BCUT2D eigenvalue weighted by atomic mass is 9.95. The highest BCUT2D eigenvalue weighted by atomic mass is 16.4. The summed E-state index contributed by atoms with van der Waals surface area (Å²) in [5, 5.41) is 14.0. The second kappa shape index (κ2) is 8.93. The summed E-state index contributed by atoms with van der Waals surface area (Å²) in [7, 11) is 0. The maximum atomic E-state index is 12.8. The molecule has 3 aliphatic heterocycles. The van der Waals surface area contributed by atoms with Gasteiger partial charge in [-0.3, -0.25) is 14.5 Å². The third-order valence-corrected chi connectivity index (χ3v) is 5.75. The third-order valence-electron chi connectivity index (χ3n) is 5.75. The smallest absolute Gasteiger partial charge is 0.318 e. The van der Waals surface area contributed by atoms with Crippen LogP contribution in [0.15, 0.2) is 0 Å². The Bertz CT molecular complexity index is 453. The topological polar surface area (TPSA) is 88.1 Å². The number of nitrogens with one attached hydrogen (secondary N) is 2. The monoisotopic (exact) mass is 353 g/mol. The molecule has 8 nitrogen and oxygen atoms in total. The summed E-state index contributed by atoms with van der Waals surface area (Å²) < 4.78 is 0. The molecular formula is C17H31N5O3. The van der Waals surface area contributed by atoms with Crippen molar-refractivity contribution in [1.82, 2.24) is 25.6 Å². The molecule has 3 fully saturated rings. The highest BCUT2D eigenvalue weighted by Gasteiger charge is 2.32. The number of rotatable bonds is 5. The first-order valence-corrected chi connectivity index (χ1v) is 9.57. The maximum Gasteiger partial charge on any atom is 0.318 e. The van der Waals surface area contributed by atoms with E-state index >= 15 is 0 Å². The van der Waals surface area contributed by atoms with Gasteiger partial charge in [-0.25, -0.2) is 10.4 Å². The number of carboxylic acid groups (broad SMARTS) is 1. The maximum absolute atomic E-state index is 12.8. The van der Waals surface area contributed by atoms with Crippen LogP contribution in [0.2, 0.25) is 0 Å². The van der Waals surface area contributed by atoms with Crippen LogP contribution in [0.25, 0.3) is 0 Å². The molecule has 0 atom stereocenters. The Hall–Kier alpha value is -1.22. The summed E-state index contributed by atoms with van der Waals surface area (Å²) in [6.07, 6.45) is 4.05. The molecule has 3 heterocycles. The van der Waals surface area contributed by atoms with E-state index < -0.39 is 5.97 Å². The first-order valence-electron chi connectivity index (χ1n) is 9.57. The fraction of sp³-hybridized carbons (Fsp3) is 0.882. The largest absolute Gasteiger partial charge is 0.480 e. The summed E-state index contributed by atoms with van der Waals surface area (Å²) in [5.74, 6) is -0.471. The molecule has 0 aromatic carbocycles. The van der Waals surface area contributed by atoms with Crippen LogP contribution in [0.3, 0.4) is 0 Å². The molecule has 8 heteroatoms. The second-order valence-corrected chi connectivity index (χ2v) is 7.33. The van der Waals surface area contributed by atoms with Crippen molar-refractivity contribution in [2.24, 2.45) is 5.92 Å². The van der Waals surface area contributed by atoms with Crippen molar-refractivity contribution >= 4 is 11.9 Å². The van der Waals surface area contributed by atoms with Gasteiger partial charge in [0.1, 0.15) is 6.54 Å². The van der Waals surface area contributed by atoms with Gasteiger partial charge >= 0.3 is 5.97 Å². The minimum absolute atomic E-state index is 0.0583. The van der Waals surface area contributed by atoms with Gasteiger partial charge < -0.3 is 15.3 Å². The van der Waals surface area contributed by atoms with E-state index in [1.54, 1.807) is 0 Å². The van der Waals surface area contributed by atoms with Gasteiger partial charge in [-0.1, -0.05) is 0 Å². The molecule has 0 saturated carbocycles. The fourth-order valence-electron chi connectivity index (χ4n) is 4.20. The number of carbonyl (C=O) groups is 2. The van der Waals surface area contributed by atoms with Crippen molar-refractivity contribution in [2.45, 2.75) is 31.7 Å². The summed E-state index contributed by atoms with van der Waals surface area (Å²) in [4.78, 5) is 28.0. The van der Waals surface area contributed by atoms with E-state index in [9.17, 15) is 9.59 Å². The lowest BCUT2D eigenvalue weighted by molar-refractivity contribution is -0.141. The molecule has 3 saturated heterocycles. The Labute approximate surface area is 149 Å². The van der Waals surface area contributed by atoms with Crippen molar-refractivity contribution in [3.8, 4) is 0 Å². The van der Waals surface area contributed by atoms with Crippen molar-refractivity contribution in [1.29, 1.82) is 0 Å². The van der Waals surface area contributed by atoms with E-state index in [-0.39, 0.29) is 12.5 Å². The van der Waals surface area contributed by atoms with Gasteiger partial charge in [-0.2, -0.15) is 0 Å². The van der Waals surface area contributed by atoms with E-state index in [0.717, 1.165) is 65.2 Å². The second-order valence-electron chi connectivity index (χ2n) is 7.33. The zero-order valence-corrected chi connectivity index (χ0v) is 15.0. The van der Waals surface area contributed by atoms with E-state index in [1.165, 1.54) is 12.8 Å². The highest BCUT2D eigenvalue weighted by Crippen LogP contribution is 2.21. The number of piperidine rings is 2. The van der Waals surface area contributed by atoms with Crippen LogP contribution in [0.4, 0.5) is 0 Å². The number of amides is 1. The molecule has 0 aliphatic carbocycles. The van der Waals surface area contributed by atoms with E-state index in [4.69, 9.17) is 5.11 Å². The Morgan fingerprint density at radius 2 is 1.60 bits per heavy atom. The zero-order valence-electron chi connectivity index (χ0n) is 15.0. The van der Waals surface area contributed by atoms with Gasteiger partial charge in [0.15, 0.2) is 0 Å². The van der Waals surface area contributed by atoms with Crippen LogP contribution in [0, 0.1) is 5.92 Å². The Morgan fingerprint density at radius 3 is 2.20 bits per heavy atom. The summed E-state index contributed by atoms with van der Waals surface area (Å²) in [6.45, 7) is 7.32. The predicted octanol–water partition coefficient (Wildman–Crippen LogP) is -0.816. The minimum Gasteiger partial charge on any atom is -0.480 e. The van der Waals surface area contributed by atoms with E-state index in [1.807, 2.05) is 9.91 Å². The quantitative estimate of drug-likeness (QED) is 0.595. The van der Waals surface area contributed by atoms with Crippen molar-refractivity contribution in [3.63, 3.8) is 0 Å². The van der Waals surface area contributed by atoms with Crippen LogP contribution in [-0.2, 0) is 9.59 Å². The van der Waals surface area contributed by atoms with Crippen LogP contribution >= 0.6 is 0 Å². The Balaban J connectivity index is 1.38. The molecule has 3 rings (SSSR count). The van der Waals surface area contributed by atoms with Crippen molar-refractivity contribution in [2.75, 3.05) is 58.9 Å². The predicted molar refractivity (Wildman–Crippen MR) is 94.0 cm³/mol. The molecule has 3 aliphatic rings. The number of carboxylic acids is 1. The molecule has 3 N–H and O–H groups in total. The number of hydrogen-bond acceptors (Lipinski definition) is 6. The third kappa shape index (κ3) is 5.13. The van der Waals surface area contributed by atoms with Crippen molar-refractivity contribution < 1.29 is 14.7 Å². The molecule has 142 valence electrons. The van der Waals surface area contributed by atoms with Gasteiger partial charge in [-0.05, 0) is 38.8 Å². The summed E-state index contributed by atoms with van der Waals surface area (Å²) in [5.41, 5.74) is 2.90. The lowest BCUT2D eigenvalue weighted by Gasteiger charge is -2.42. The standard InChI is InChI=1S/C17H31N5O3/c23-16(24)13-19-22-7-3-14(4-8-22)17(25)21-11-9-20(10-12-21)15-1-5-18-6-2-15/h14-15,18-19H,1-13H2,(H,23,24). The van der Waals surface area contributed by atoms with Crippen LogP contribution < -0.4 is 10.7 Å². The van der Waals surface area contributed by atoms with Gasteiger partial charge in [0.25, 0.3) is 0 Å². The average molecular weight is 353 g/mol. The molecule has 25 heavy (non-hydrogen) atoms. The van der Waals surface area contributed by atoms with Gasteiger partial charge in [0.05, 0.1) is 0 Å². The van der Waals surface area contributed by atoms with Crippen LogP contribution in [0.5, 0.6) is 0 Å². The van der Waals surface area contributed by atoms with E-state index in [2.05, 4.69) is 15.6 Å². The normalized spacial score (nSPS) is 25.2. The van der Waals surface area contributed by atoms with E-state index in [0.29, 0.717) is 11.9 Å². The lowest BCUT2D eigenvalue weighted by Crippen LogP contribution is -2.55. The molecule has 0 aromatic heterocycles.